The van der Waals surface area contributed by atoms with Crippen LogP contribution in [-0.2, 0) is 17.6 Å². The first-order valence-electron chi connectivity index (χ1n) is 9.29. The van der Waals surface area contributed by atoms with Crippen LogP contribution in [0.3, 0.4) is 0 Å². The van der Waals surface area contributed by atoms with Crippen LogP contribution in [0.25, 0.3) is 10.9 Å². The highest BCUT2D eigenvalue weighted by molar-refractivity contribution is 5.96. The van der Waals surface area contributed by atoms with Crippen LogP contribution in [0.4, 0.5) is 0 Å². The minimum atomic E-state index is -0.0590. The number of H-pyrrole nitrogens is 1. The lowest BCUT2D eigenvalue weighted by molar-refractivity contribution is -0.120. The van der Waals surface area contributed by atoms with Crippen molar-refractivity contribution >= 4 is 16.8 Å². The van der Waals surface area contributed by atoms with Gasteiger partial charge in [-0.05, 0) is 29.7 Å². The molecule has 7 heteroatoms. The molecule has 0 unspecified atom stereocenters. The fourth-order valence-corrected chi connectivity index (χ4v) is 3.34. The zero-order valence-electron chi connectivity index (χ0n) is 17.1. The van der Waals surface area contributed by atoms with E-state index in [9.17, 15) is 4.79 Å². The quantitative estimate of drug-likeness (QED) is 0.579. The Hall–Kier alpha value is -3.35. The van der Waals surface area contributed by atoms with Gasteiger partial charge >= 0.3 is 0 Å². The number of rotatable bonds is 9. The third-order valence-electron chi connectivity index (χ3n) is 4.80. The predicted octanol–water partition coefficient (Wildman–Crippen LogP) is 3.10. The van der Waals surface area contributed by atoms with E-state index in [2.05, 4.69) is 10.3 Å². The Morgan fingerprint density at radius 1 is 0.966 bits per heavy atom. The summed E-state index contributed by atoms with van der Waals surface area (Å²) in [6.07, 6.45) is 2.79. The number of aromatic amines is 1. The van der Waals surface area contributed by atoms with Gasteiger partial charge in [0.25, 0.3) is 0 Å². The Morgan fingerprint density at radius 3 is 2.31 bits per heavy atom. The highest BCUT2D eigenvalue weighted by Crippen LogP contribution is 2.44. The van der Waals surface area contributed by atoms with Crippen molar-refractivity contribution in [2.45, 2.75) is 12.8 Å². The molecule has 0 aliphatic carbocycles. The third kappa shape index (κ3) is 4.39. The lowest BCUT2D eigenvalue weighted by atomic mass is 10.1. The minimum Gasteiger partial charge on any atom is -0.497 e. The Kier molecular flexibility index (Phi) is 6.49. The van der Waals surface area contributed by atoms with Gasteiger partial charge in [0.1, 0.15) is 5.75 Å². The van der Waals surface area contributed by atoms with E-state index in [1.54, 1.807) is 28.4 Å². The van der Waals surface area contributed by atoms with E-state index in [1.165, 1.54) is 0 Å². The molecule has 2 aromatic carbocycles. The van der Waals surface area contributed by atoms with Crippen molar-refractivity contribution in [1.29, 1.82) is 0 Å². The van der Waals surface area contributed by atoms with Crippen LogP contribution in [0.1, 0.15) is 11.1 Å². The van der Waals surface area contributed by atoms with Gasteiger partial charge in [-0.1, -0.05) is 12.1 Å². The minimum absolute atomic E-state index is 0.0590. The van der Waals surface area contributed by atoms with E-state index in [0.717, 1.165) is 34.2 Å². The summed E-state index contributed by atoms with van der Waals surface area (Å²) in [5.41, 5.74) is 2.79. The number of carbonyl (C=O) groups excluding carboxylic acids is 1. The van der Waals surface area contributed by atoms with Crippen molar-refractivity contribution in [3.8, 4) is 23.0 Å². The Balaban J connectivity index is 1.69. The molecule has 3 aromatic rings. The van der Waals surface area contributed by atoms with Crippen LogP contribution in [0, 0.1) is 0 Å². The summed E-state index contributed by atoms with van der Waals surface area (Å²) in [6.45, 7) is 0.557. The monoisotopic (exact) mass is 398 g/mol. The van der Waals surface area contributed by atoms with Crippen molar-refractivity contribution in [2.75, 3.05) is 35.0 Å². The smallest absolute Gasteiger partial charge is 0.224 e. The van der Waals surface area contributed by atoms with Gasteiger partial charge in [0, 0.05) is 24.2 Å². The van der Waals surface area contributed by atoms with Gasteiger partial charge in [0.05, 0.1) is 40.4 Å². The number of amides is 1. The number of fused-ring (bicyclic) bond motifs is 1. The second-order valence-electron chi connectivity index (χ2n) is 6.51. The van der Waals surface area contributed by atoms with Crippen molar-refractivity contribution in [2.24, 2.45) is 0 Å². The molecule has 1 aromatic heterocycles. The van der Waals surface area contributed by atoms with Crippen LogP contribution in [0.2, 0.25) is 0 Å². The summed E-state index contributed by atoms with van der Waals surface area (Å²) in [4.78, 5) is 15.7. The fraction of sp³-hybridized carbons (Fsp3) is 0.318. The number of carbonyl (C=O) groups is 1. The third-order valence-corrected chi connectivity index (χ3v) is 4.80. The van der Waals surface area contributed by atoms with Crippen molar-refractivity contribution < 1.29 is 23.7 Å². The Labute approximate surface area is 169 Å². The molecule has 0 fully saturated rings. The summed E-state index contributed by atoms with van der Waals surface area (Å²) in [5.74, 6) is 2.37. The van der Waals surface area contributed by atoms with Gasteiger partial charge in [-0.25, -0.2) is 0 Å². The second kappa shape index (κ2) is 9.23. The average molecular weight is 398 g/mol. The van der Waals surface area contributed by atoms with Gasteiger partial charge < -0.3 is 29.2 Å². The molecule has 0 aliphatic heterocycles. The van der Waals surface area contributed by atoms with Crippen molar-refractivity contribution in [3.63, 3.8) is 0 Å². The maximum Gasteiger partial charge on any atom is 0.224 e. The summed E-state index contributed by atoms with van der Waals surface area (Å²) in [6, 6.07) is 9.65. The molecule has 0 bridgehead atoms. The number of hydrogen-bond donors (Lipinski definition) is 2. The first-order valence-corrected chi connectivity index (χ1v) is 9.29. The van der Waals surface area contributed by atoms with E-state index in [0.29, 0.717) is 23.8 Å². The molecule has 154 valence electrons. The summed E-state index contributed by atoms with van der Waals surface area (Å²) in [7, 11) is 6.34. The van der Waals surface area contributed by atoms with Gasteiger partial charge in [-0.3, -0.25) is 4.79 Å². The SMILES string of the molecule is COc1ccc(CCNC(=O)Cc2c[nH]c3cc(OC)c(OC)c(OC)c23)cc1. The second-order valence-corrected chi connectivity index (χ2v) is 6.51. The molecule has 0 saturated heterocycles. The molecular formula is C22H26N2O5. The average Bonchev–Trinajstić information content (AvgIpc) is 3.14. The molecule has 0 radical (unpaired) electrons. The number of methoxy groups -OCH3 is 4. The molecule has 0 atom stereocenters. The van der Waals surface area contributed by atoms with E-state index < -0.39 is 0 Å². The molecule has 29 heavy (non-hydrogen) atoms. The van der Waals surface area contributed by atoms with Crippen LogP contribution in [0.5, 0.6) is 23.0 Å². The lowest BCUT2D eigenvalue weighted by Crippen LogP contribution is -2.27. The van der Waals surface area contributed by atoms with Crippen LogP contribution in [0.15, 0.2) is 36.5 Å². The summed E-state index contributed by atoms with van der Waals surface area (Å²) in [5, 5.41) is 3.79. The van der Waals surface area contributed by atoms with E-state index >= 15 is 0 Å². The summed E-state index contributed by atoms with van der Waals surface area (Å²) >= 11 is 0. The van der Waals surface area contributed by atoms with E-state index in [1.807, 2.05) is 36.5 Å². The summed E-state index contributed by atoms with van der Waals surface area (Å²) < 4.78 is 21.5. The zero-order chi connectivity index (χ0) is 20.8. The van der Waals surface area contributed by atoms with Gasteiger partial charge in [-0.2, -0.15) is 0 Å². The standard InChI is InChI=1S/C22H26N2O5/c1-26-16-7-5-14(6-8-16)9-10-23-19(25)11-15-13-24-17-12-18(27-2)21(28-3)22(29-4)20(15)17/h5-8,12-13,24H,9-11H2,1-4H3,(H,23,25). The molecule has 0 saturated carbocycles. The van der Waals surface area contributed by atoms with Crippen molar-refractivity contribution in [3.05, 3.63) is 47.7 Å². The Bertz CT molecular complexity index is 979. The highest BCUT2D eigenvalue weighted by Gasteiger charge is 2.20. The topological polar surface area (TPSA) is 81.8 Å². The number of hydrogen-bond acceptors (Lipinski definition) is 5. The van der Waals surface area contributed by atoms with Crippen LogP contribution >= 0.6 is 0 Å². The number of aromatic nitrogens is 1. The number of nitrogens with one attached hydrogen (secondary N) is 2. The molecule has 1 amide bonds. The fourth-order valence-electron chi connectivity index (χ4n) is 3.34. The van der Waals surface area contributed by atoms with Crippen LogP contribution < -0.4 is 24.3 Å². The predicted molar refractivity (Wildman–Crippen MR) is 111 cm³/mol. The van der Waals surface area contributed by atoms with Crippen LogP contribution in [-0.4, -0.2) is 45.9 Å². The normalized spacial score (nSPS) is 10.6. The van der Waals surface area contributed by atoms with Gasteiger partial charge in [0.2, 0.25) is 11.7 Å². The molecule has 0 aliphatic rings. The molecular weight excluding hydrogens is 372 g/mol. The maximum atomic E-state index is 12.5. The number of ether oxygens (including phenoxy) is 4. The lowest BCUT2D eigenvalue weighted by Gasteiger charge is -2.14. The molecule has 1 heterocycles. The van der Waals surface area contributed by atoms with E-state index in [-0.39, 0.29) is 12.3 Å². The van der Waals surface area contributed by atoms with Gasteiger partial charge in [-0.15, -0.1) is 0 Å². The molecule has 3 rings (SSSR count). The van der Waals surface area contributed by atoms with Crippen molar-refractivity contribution in [1.82, 2.24) is 10.3 Å². The first kappa shape index (κ1) is 20.4. The first-order chi connectivity index (χ1) is 14.1. The molecule has 2 N–H and O–H groups in total. The zero-order valence-corrected chi connectivity index (χ0v) is 17.1. The van der Waals surface area contributed by atoms with Gasteiger partial charge in [0.15, 0.2) is 11.5 Å². The largest absolute Gasteiger partial charge is 0.497 e. The Morgan fingerprint density at radius 2 is 1.69 bits per heavy atom. The molecule has 7 nitrogen and oxygen atoms in total. The van der Waals surface area contributed by atoms with E-state index in [4.69, 9.17) is 18.9 Å². The maximum absolute atomic E-state index is 12.5. The highest BCUT2D eigenvalue weighted by atomic mass is 16.5. The number of benzene rings is 2. The molecule has 0 spiro atoms.